The Morgan fingerprint density at radius 2 is 1.93 bits per heavy atom. The Bertz CT molecular complexity index is 1010. The fraction of sp³-hybridized carbons (Fsp3) is 0.364. The van der Waals surface area contributed by atoms with Gasteiger partial charge < -0.3 is 9.30 Å². The van der Waals surface area contributed by atoms with Crippen molar-refractivity contribution in [3.05, 3.63) is 70.7 Å². The topological polar surface area (TPSA) is 35.2 Å². The Balaban J connectivity index is 1.60. The smallest absolute Gasteiger partial charge is 0.199 e. The van der Waals surface area contributed by atoms with Crippen molar-refractivity contribution < 1.29 is 9.13 Å². The van der Waals surface area contributed by atoms with E-state index < -0.39 is 0 Å². The molecule has 1 aliphatic rings. The second-order valence-electron chi connectivity index (χ2n) is 7.42. The van der Waals surface area contributed by atoms with E-state index >= 15 is 0 Å². The van der Waals surface area contributed by atoms with Crippen LogP contribution in [-0.2, 0) is 25.0 Å². The van der Waals surface area contributed by atoms with Crippen molar-refractivity contribution in [2.75, 3.05) is 13.2 Å². The summed E-state index contributed by atoms with van der Waals surface area (Å²) in [6.45, 7) is 2.93. The van der Waals surface area contributed by atoms with Crippen molar-refractivity contribution in [2.24, 2.45) is 7.05 Å². The van der Waals surface area contributed by atoms with E-state index in [-0.39, 0.29) is 11.9 Å². The van der Waals surface area contributed by atoms with Crippen LogP contribution >= 0.6 is 12.2 Å². The summed E-state index contributed by atoms with van der Waals surface area (Å²) >= 11 is 5.61. The number of aromatic nitrogens is 3. The number of nitrogens with zero attached hydrogens (tertiary/aromatic N) is 4. The average Bonchev–Trinajstić information content (AvgIpc) is 3.33. The lowest BCUT2D eigenvalue weighted by molar-refractivity contribution is 0.0567. The van der Waals surface area contributed by atoms with Gasteiger partial charge in [0, 0.05) is 26.7 Å². The summed E-state index contributed by atoms with van der Waals surface area (Å²) in [6, 6.07) is 17.0. The Morgan fingerprint density at radius 3 is 2.66 bits per heavy atom. The van der Waals surface area contributed by atoms with Gasteiger partial charge in [0.25, 0.3) is 0 Å². The molecule has 1 atom stereocenters. The molecule has 0 spiro atoms. The van der Waals surface area contributed by atoms with Crippen LogP contribution in [0.1, 0.15) is 18.4 Å². The summed E-state index contributed by atoms with van der Waals surface area (Å²) in [5.74, 6) is 0.230. The minimum Gasteiger partial charge on any atom is -0.377 e. The van der Waals surface area contributed by atoms with E-state index in [0.717, 1.165) is 32.5 Å². The van der Waals surface area contributed by atoms with E-state index in [2.05, 4.69) is 22.1 Å². The van der Waals surface area contributed by atoms with Gasteiger partial charge in [0.1, 0.15) is 5.82 Å². The molecule has 4 rings (SSSR count). The summed E-state index contributed by atoms with van der Waals surface area (Å²) in [7, 11) is 1.83. The molecule has 5 nitrogen and oxygen atoms in total. The third-order valence-electron chi connectivity index (χ3n) is 5.22. The zero-order valence-corrected chi connectivity index (χ0v) is 17.3. The van der Waals surface area contributed by atoms with E-state index in [9.17, 15) is 4.39 Å². The van der Waals surface area contributed by atoms with Crippen molar-refractivity contribution in [1.82, 2.24) is 19.2 Å². The summed E-state index contributed by atoms with van der Waals surface area (Å²) in [6.07, 6.45) is 2.39. The first-order chi connectivity index (χ1) is 14.1. The Kier molecular flexibility index (Phi) is 6.18. The molecule has 1 aromatic heterocycles. The maximum atomic E-state index is 14.3. The van der Waals surface area contributed by atoms with Crippen LogP contribution in [0.4, 0.5) is 4.39 Å². The van der Waals surface area contributed by atoms with E-state index in [4.69, 9.17) is 17.0 Å². The highest BCUT2D eigenvalue weighted by Gasteiger charge is 2.21. The molecule has 0 radical (unpaired) electrons. The first-order valence-electron chi connectivity index (χ1n) is 9.88. The largest absolute Gasteiger partial charge is 0.377 e. The summed E-state index contributed by atoms with van der Waals surface area (Å²) in [5, 5.41) is 4.65. The lowest BCUT2D eigenvalue weighted by Crippen LogP contribution is -2.34. The van der Waals surface area contributed by atoms with E-state index in [1.807, 2.05) is 25.2 Å². The third-order valence-corrected chi connectivity index (χ3v) is 5.71. The van der Waals surface area contributed by atoms with Gasteiger partial charge in [-0.3, -0.25) is 4.90 Å². The molecule has 1 aliphatic heterocycles. The van der Waals surface area contributed by atoms with Crippen LogP contribution in [0, 0.1) is 10.6 Å². The molecule has 1 saturated heterocycles. The van der Waals surface area contributed by atoms with E-state index in [1.54, 1.807) is 27.4 Å². The predicted octanol–water partition coefficient (Wildman–Crippen LogP) is 4.40. The maximum absolute atomic E-state index is 14.3. The molecule has 0 amide bonds. The molecule has 0 bridgehead atoms. The van der Waals surface area contributed by atoms with Crippen LogP contribution in [-0.4, -0.2) is 38.5 Å². The molecule has 1 unspecified atom stereocenters. The van der Waals surface area contributed by atoms with Crippen molar-refractivity contribution in [3.8, 4) is 11.4 Å². The molecular formula is C22H25FN4OS. The lowest BCUT2D eigenvalue weighted by Gasteiger charge is -2.25. The minimum absolute atomic E-state index is 0.225. The van der Waals surface area contributed by atoms with Crippen LogP contribution in [0.25, 0.3) is 11.4 Å². The highest BCUT2D eigenvalue weighted by Crippen LogP contribution is 2.21. The zero-order valence-electron chi connectivity index (χ0n) is 16.5. The second-order valence-corrected chi connectivity index (χ2v) is 7.78. The van der Waals surface area contributed by atoms with Gasteiger partial charge in [-0.25, -0.2) is 9.07 Å². The molecule has 29 heavy (non-hydrogen) atoms. The predicted molar refractivity (Wildman–Crippen MR) is 113 cm³/mol. The zero-order chi connectivity index (χ0) is 20.2. The molecule has 152 valence electrons. The number of ether oxygens (including phenoxy) is 1. The first kappa shape index (κ1) is 19.9. The van der Waals surface area contributed by atoms with Crippen LogP contribution in [0.15, 0.2) is 54.6 Å². The van der Waals surface area contributed by atoms with Crippen molar-refractivity contribution >= 4 is 12.2 Å². The van der Waals surface area contributed by atoms with Gasteiger partial charge in [-0.1, -0.05) is 42.5 Å². The van der Waals surface area contributed by atoms with Gasteiger partial charge in [0.2, 0.25) is 0 Å². The standard InChI is InChI=1S/C22H25FN4OS/c1-25-21(19-11-5-6-12-20(19)23)24-27(22(25)29)16-26(15-18-10-7-13-28-18)14-17-8-3-2-4-9-17/h2-6,8-9,11-12,18H,7,10,13-16H2,1H3. The molecule has 3 aromatic rings. The van der Waals surface area contributed by atoms with Gasteiger partial charge in [-0.05, 0) is 42.8 Å². The summed E-state index contributed by atoms with van der Waals surface area (Å²) in [4.78, 5) is 2.29. The highest BCUT2D eigenvalue weighted by molar-refractivity contribution is 7.71. The minimum atomic E-state index is -0.303. The van der Waals surface area contributed by atoms with Crippen molar-refractivity contribution in [2.45, 2.75) is 32.2 Å². The highest BCUT2D eigenvalue weighted by atomic mass is 32.1. The molecule has 2 heterocycles. The monoisotopic (exact) mass is 412 g/mol. The molecule has 0 N–H and O–H groups in total. The Hall–Kier alpha value is -2.35. The number of benzene rings is 2. The van der Waals surface area contributed by atoms with E-state index in [0.29, 0.717) is 22.8 Å². The molecule has 2 aromatic carbocycles. The first-order valence-corrected chi connectivity index (χ1v) is 10.3. The fourth-order valence-electron chi connectivity index (χ4n) is 3.74. The quantitative estimate of drug-likeness (QED) is 0.539. The fourth-order valence-corrected chi connectivity index (χ4v) is 3.92. The van der Waals surface area contributed by atoms with E-state index in [1.165, 1.54) is 11.6 Å². The Morgan fingerprint density at radius 1 is 1.17 bits per heavy atom. The van der Waals surface area contributed by atoms with Gasteiger partial charge in [-0.15, -0.1) is 0 Å². The lowest BCUT2D eigenvalue weighted by atomic mass is 10.2. The number of rotatable bonds is 7. The van der Waals surface area contributed by atoms with Gasteiger partial charge in [0.05, 0.1) is 18.3 Å². The molecule has 1 fully saturated rings. The van der Waals surface area contributed by atoms with Gasteiger partial charge in [0.15, 0.2) is 10.6 Å². The molecule has 0 saturated carbocycles. The second kappa shape index (κ2) is 8.98. The summed E-state index contributed by atoms with van der Waals surface area (Å²) in [5.41, 5.74) is 1.68. The summed E-state index contributed by atoms with van der Waals surface area (Å²) < 4.78 is 24.2. The number of halogens is 1. The van der Waals surface area contributed by atoms with Crippen LogP contribution < -0.4 is 0 Å². The molecule has 0 aliphatic carbocycles. The molecule has 7 heteroatoms. The van der Waals surface area contributed by atoms with Crippen molar-refractivity contribution in [1.29, 1.82) is 0 Å². The van der Waals surface area contributed by atoms with Crippen LogP contribution in [0.5, 0.6) is 0 Å². The average molecular weight is 413 g/mol. The molecular weight excluding hydrogens is 387 g/mol. The normalized spacial score (nSPS) is 16.6. The van der Waals surface area contributed by atoms with Gasteiger partial charge in [-0.2, -0.15) is 5.10 Å². The van der Waals surface area contributed by atoms with Gasteiger partial charge >= 0.3 is 0 Å². The van der Waals surface area contributed by atoms with Crippen LogP contribution in [0.2, 0.25) is 0 Å². The Labute approximate surface area is 175 Å². The third kappa shape index (κ3) is 4.63. The maximum Gasteiger partial charge on any atom is 0.199 e. The SMILES string of the molecule is Cn1c(-c2ccccc2F)nn(CN(Cc2ccccc2)CC2CCCO2)c1=S. The number of hydrogen-bond donors (Lipinski definition) is 0. The van der Waals surface area contributed by atoms with Crippen molar-refractivity contribution in [3.63, 3.8) is 0 Å². The number of hydrogen-bond acceptors (Lipinski definition) is 4. The van der Waals surface area contributed by atoms with Crippen LogP contribution in [0.3, 0.4) is 0 Å².